The Morgan fingerprint density at radius 2 is 1.81 bits per heavy atom. The maximum atomic E-state index is 12.4. The van der Waals surface area contributed by atoms with Crippen LogP contribution >= 0.6 is 11.6 Å². The van der Waals surface area contributed by atoms with Crippen LogP contribution in [0.15, 0.2) is 71.8 Å². The van der Waals surface area contributed by atoms with E-state index >= 15 is 0 Å². The zero-order chi connectivity index (χ0) is 19.3. The Hall–Kier alpha value is -2.41. The fourth-order valence-electron chi connectivity index (χ4n) is 2.37. The third-order valence-electron chi connectivity index (χ3n) is 3.95. The van der Waals surface area contributed by atoms with Crippen LogP contribution in [-0.2, 0) is 23.2 Å². The van der Waals surface area contributed by atoms with Gasteiger partial charge >= 0.3 is 0 Å². The summed E-state index contributed by atoms with van der Waals surface area (Å²) >= 11 is 6.03. The second-order valence-corrected chi connectivity index (χ2v) is 8.19. The predicted octanol–water partition coefficient (Wildman–Crippen LogP) is 4.10. The molecule has 0 spiro atoms. The van der Waals surface area contributed by atoms with Crippen LogP contribution in [0.1, 0.15) is 16.7 Å². The van der Waals surface area contributed by atoms with Crippen molar-refractivity contribution in [3.63, 3.8) is 0 Å². The lowest BCUT2D eigenvalue weighted by Crippen LogP contribution is -2.23. The van der Waals surface area contributed by atoms with Crippen molar-refractivity contribution in [2.24, 2.45) is 0 Å². The molecule has 0 aliphatic rings. The summed E-state index contributed by atoms with van der Waals surface area (Å²) in [6, 6.07) is 17.9. The molecule has 3 rings (SSSR count). The molecular formula is C20H19ClN2O3S. The van der Waals surface area contributed by atoms with Crippen molar-refractivity contribution in [1.82, 2.24) is 9.71 Å². The zero-order valence-electron chi connectivity index (χ0n) is 14.7. The number of hydrogen-bond donors (Lipinski definition) is 1. The van der Waals surface area contributed by atoms with Crippen molar-refractivity contribution in [2.45, 2.75) is 25.0 Å². The second kappa shape index (κ2) is 8.52. The summed E-state index contributed by atoms with van der Waals surface area (Å²) in [4.78, 5) is 4.29. The van der Waals surface area contributed by atoms with Gasteiger partial charge in [0.05, 0.1) is 4.90 Å². The number of benzene rings is 2. The van der Waals surface area contributed by atoms with Gasteiger partial charge in [-0.15, -0.1) is 0 Å². The Morgan fingerprint density at radius 1 is 1.04 bits per heavy atom. The first kappa shape index (κ1) is 19.4. The van der Waals surface area contributed by atoms with E-state index in [4.69, 9.17) is 16.3 Å². The third kappa shape index (κ3) is 5.29. The lowest BCUT2D eigenvalue weighted by Gasteiger charge is -2.10. The molecule has 0 radical (unpaired) electrons. The number of aromatic nitrogens is 1. The summed E-state index contributed by atoms with van der Waals surface area (Å²) in [5.74, 6) is 0.439. The SMILES string of the molecule is Cc1ccc(S(=O)(=O)NCc2ccnc(OCc3ccccc3)c2)cc1Cl. The molecule has 140 valence electrons. The molecule has 0 atom stereocenters. The van der Waals surface area contributed by atoms with Gasteiger partial charge in [0.25, 0.3) is 0 Å². The molecule has 0 bridgehead atoms. The number of rotatable bonds is 7. The number of aryl methyl sites for hydroxylation is 1. The molecule has 0 unspecified atom stereocenters. The van der Waals surface area contributed by atoms with E-state index in [9.17, 15) is 8.42 Å². The molecular weight excluding hydrogens is 384 g/mol. The normalized spacial score (nSPS) is 11.3. The minimum atomic E-state index is -3.66. The first-order valence-electron chi connectivity index (χ1n) is 8.31. The van der Waals surface area contributed by atoms with Crippen LogP contribution in [0.2, 0.25) is 5.02 Å². The maximum Gasteiger partial charge on any atom is 0.240 e. The molecule has 5 nitrogen and oxygen atoms in total. The van der Waals surface area contributed by atoms with E-state index < -0.39 is 10.0 Å². The molecule has 1 aromatic heterocycles. The summed E-state index contributed by atoms with van der Waals surface area (Å²) in [7, 11) is -3.66. The maximum absolute atomic E-state index is 12.4. The monoisotopic (exact) mass is 402 g/mol. The number of nitrogens with one attached hydrogen (secondary N) is 1. The predicted molar refractivity (Wildman–Crippen MR) is 105 cm³/mol. The van der Waals surface area contributed by atoms with Gasteiger partial charge in [-0.2, -0.15) is 0 Å². The number of nitrogens with zero attached hydrogens (tertiary/aromatic N) is 1. The van der Waals surface area contributed by atoms with Crippen LogP contribution in [0.4, 0.5) is 0 Å². The first-order valence-corrected chi connectivity index (χ1v) is 10.2. The fourth-order valence-corrected chi connectivity index (χ4v) is 3.66. The van der Waals surface area contributed by atoms with Crippen LogP contribution in [0, 0.1) is 6.92 Å². The van der Waals surface area contributed by atoms with E-state index in [2.05, 4.69) is 9.71 Å². The Morgan fingerprint density at radius 3 is 2.56 bits per heavy atom. The molecule has 2 aromatic carbocycles. The Balaban J connectivity index is 1.64. The number of hydrogen-bond acceptors (Lipinski definition) is 4. The van der Waals surface area contributed by atoms with Gasteiger partial charge in [0.15, 0.2) is 0 Å². The molecule has 27 heavy (non-hydrogen) atoms. The molecule has 0 aliphatic carbocycles. The third-order valence-corrected chi connectivity index (χ3v) is 5.75. The standard InChI is InChI=1S/C20H19ClN2O3S/c1-15-7-8-18(12-19(15)21)27(24,25)23-13-17-9-10-22-20(11-17)26-14-16-5-3-2-4-6-16/h2-12,23H,13-14H2,1H3. The van der Waals surface area contributed by atoms with Gasteiger partial charge in [-0.1, -0.05) is 48.0 Å². The van der Waals surface area contributed by atoms with Crippen LogP contribution in [0.5, 0.6) is 5.88 Å². The van der Waals surface area contributed by atoms with Gasteiger partial charge < -0.3 is 4.74 Å². The van der Waals surface area contributed by atoms with E-state index in [1.54, 1.807) is 24.4 Å². The molecule has 7 heteroatoms. The minimum Gasteiger partial charge on any atom is -0.473 e. The highest BCUT2D eigenvalue weighted by molar-refractivity contribution is 7.89. The first-order chi connectivity index (χ1) is 12.9. The van der Waals surface area contributed by atoms with Crippen molar-refractivity contribution < 1.29 is 13.2 Å². The molecule has 0 fully saturated rings. The van der Waals surface area contributed by atoms with E-state index in [1.165, 1.54) is 12.1 Å². The Kier molecular flexibility index (Phi) is 6.11. The quantitative estimate of drug-likeness (QED) is 0.646. The summed E-state index contributed by atoms with van der Waals surface area (Å²) in [5.41, 5.74) is 2.60. The summed E-state index contributed by atoms with van der Waals surface area (Å²) in [5, 5.41) is 0.415. The number of halogens is 1. The number of pyridine rings is 1. The highest BCUT2D eigenvalue weighted by Gasteiger charge is 2.15. The van der Waals surface area contributed by atoms with Crippen molar-refractivity contribution >= 4 is 21.6 Å². The molecule has 0 aliphatic heterocycles. The van der Waals surface area contributed by atoms with E-state index in [-0.39, 0.29) is 11.4 Å². The van der Waals surface area contributed by atoms with E-state index in [1.807, 2.05) is 37.3 Å². The van der Waals surface area contributed by atoms with Crippen molar-refractivity contribution in [2.75, 3.05) is 0 Å². The van der Waals surface area contributed by atoms with Gasteiger partial charge in [0.1, 0.15) is 6.61 Å². The van der Waals surface area contributed by atoms with Gasteiger partial charge in [-0.3, -0.25) is 0 Å². The van der Waals surface area contributed by atoms with Crippen LogP contribution in [-0.4, -0.2) is 13.4 Å². The average Bonchev–Trinajstić information content (AvgIpc) is 2.68. The van der Waals surface area contributed by atoms with Gasteiger partial charge in [0.2, 0.25) is 15.9 Å². The topological polar surface area (TPSA) is 68.3 Å². The molecule has 0 amide bonds. The highest BCUT2D eigenvalue weighted by atomic mass is 35.5. The average molecular weight is 403 g/mol. The minimum absolute atomic E-state index is 0.123. The highest BCUT2D eigenvalue weighted by Crippen LogP contribution is 2.20. The lowest BCUT2D eigenvalue weighted by molar-refractivity contribution is 0.293. The van der Waals surface area contributed by atoms with Crippen LogP contribution in [0.25, 0.3) is 0 Å². The summed E-state index contributed by atoms with van der Waals surface area (Å²) in [6.45, 7) is 2.34. The van der Waals surface area contributed by atoms with Gasteiger partial charge in [0, 0.05) is 23.8 Å². The largest absolute Gasteiger partial charge is 0.473 e. The summed E-state index contributed by atoms with van der Waals surface area (Å²) in [6.07, 6.45) is 1.59. The molecule has 1 heterocycles. The van der Waals surface area contributed by atoms with Crippen LogP contribution in [0.3, 0.4) is 0 Å². The smallest absolute Gasteiger partial charge is 0.240 e. The molecule has 0 saturated heterocycles. The van der Waals surface area contributed by atoms with Gasteiger partial charge in [-0.05, 0) is 41.8 Å². The molecule has 3 aromatic rings. The van der Waals surface area contributed by atoms with E-state index in [0.717, 1.165) is 16.7 Å². The van der Waals surface area contributed by atoms with E-state index in [0.29, 0.717) is 17.5 Å². The molecule has 1 N–H and O–H groups in total. The van der Waals surface area contributed by atoms with Crippen LogP contribution < -0.4 is 9.46 Å². The number of sulfonamides is 1. The van der Waals surface area contributed by atoms with Crippen molar-refractivity contribution in [3.05, 3.63) is 88.6 Å². The van der Waals surface area contributed by atoms with Gasteiger partial charge in [-0.25, -0.2) is 18.1 Å². The van der Waals surface area contributed by atoms with Crippen molar-refractivity contribution in [3.8, 4) is 5.88 Å². The molecule has 0 saturated carbocycles. The Bertz CT molecular complexity index is 1020. The lowest BCUT2D eigenvalue weighted by atomic mass is 10.2. The number of ether oxygens (including phenoxy) is 1. The fraction of sp³-hybridized carbons (Fsp3) is 0.150. The summed E-state index contributed by atoms with van der Waals surface area (Å²) < 4.78 is 33.1. The zero-order valence-corrected chi connectivity index (χ0v) is 16.3. The Labute approximate surface area is 164 Å². The second-order valence-electron chi connectivity index (χ2n) is 6.01. The van der Waals surface area contributed by atoms with Crippen molar-refractivity contribution in [1.29, 1.82) is 0 Å².